The molecule has 1 aliphatic heterocycles. The smallest absolute Gasteiger partial charge is 0.0686 e. The normalized spacial score (nSPS) is 17.3. The summed E-state index contributed by atoms with van der Waals surface area (Å²) in [6, 6.07) is 20.4. The molecular weight excluding hydrogens is 292 g/mol. The third kappa shape index (κ3) is 1.56. The highest BCUT2D eigenvalue weighted by Crippen LogP contribution is 2.49. The lowest BCUT2D eigenvalue weighted by Crippen LogP contribution is -2.39. The molecule has 0 aromatic heterocycles. The molecule has 112 valence electrons. The molecule has 3 aromatic rings. The first kappa shape index (κ1) is 13.3. The molecule has 2 aliphatic rings. The molecule has 1 heteroatoms. The zero-order valence-electron chi connectivity index (χ0n) is 13.9. The largest absolute Gasteiger partial charge is 0.113 e. The van der Waals surface area contributed by atoms with Crippen molar-refractivity contribution in [1.29, 1.82) is 0 Å². The number of benzene rings is 3. The van der Waals surface area contributed by atoms with Gasteiger partial charge in [0.05, 0.1) is 0 Å². The Hall–Kier alpha value is -2.12. The molecule has 0 nitrogen and oxygen atoms in total. The number of fused-ring (bicyclic) bond motifs is 2. The number of allylic oxidation sites excluding steroid dienone is 1. The van der Waals surface area contributed by atoms with Gasteiger partial charge in [0.15, 0.2) is 0 Å². The first-order valence-electron chi connectivity index (χ1n) is 8.44. The van der Waals surface area contributed by atoms with Crippen molar-refractivity contribution in [2.24, 2.45) is 0 Å². The summed E-state index contributed by atoms with van der Waals surface area (Å²) in [6.45, 7) is 7.40. The SMILES string of the molecule is CC1=C2c3c(ccc(c3-c3cccc4ccccc34)[Si]2(C)C)C1. The van der Waals surface area contributed by atoms with Gasteiger partial charge in [-0.15, -0.1) is 0 Å². The number of hydrogen-bond donors (Lipinski definition) is 0. The van der Waals surface area contributed by atoms with Crippen LogP contribution in [0.15, 0.2) is 60.2 Å². The Morgan fingerprint density at radius 1 is 0.826 bits per heavy atom. The van der Waals surface area contributed by atoms with E-state index in [0.717, 1.165) is 6.42 Å². The van der Waals surface area contributed by atoms with Crippen LogP contribution in [0.25, 0.3) is 27.1 Å². The van der Waals surface area contributed by atoms with Gasteiger partial charge in [-0.3, -0.25) is 0 Å². The fraction of sp³-hybridized carbons (Fsp3) is 0.182. The predicted molar refractivity (Wildman–Crippen MR) is 103 cm³/mol. The van der Waals surface area contributed by atoms with Crippen LogP contribution in [0.4, 0.5) is 0 Å². The lowest BCUT2D eigenvalue weighted by molar-refractivity contribution is 1.19. The van der Waals surface area contributed by atoms with Crippen LogP contribution in [0.2, 0.25) is 13.1 Å². The molecule has 23 heavy (non-hydrogen) atoms. The molecule has 0 radical (unpaired) electrons. The summed E-state index contributed by atoms with van der Waals surface area (Å²) < 4.78 is 0. The number of hydrogen-bond acceptors (Lipinski definition) is 0. The third-order valence-corrected chi connectivity index (χ3v) is 9.47. The van der Waals surface area contributed by atoms with Crippen molar-refractivity contribution >= 4 is 29.2 Å². The molecule has 0 unspecified atom stereocenters. The van der Waals surface area contributed by atoms with Crippen molar-refractivity contribution in [3.63, 3.8) is 0 Å². The van der Waals surface area contributed by atoms with Crippen molar-refractivity contribution in [2.75, 3.05) is 0 Å². The van der Waals surface area contributed by atoms with Gasteiger partial charge in [0.1, 0.15) is 8.07 Å². The fourth-order valence-corrected chi connectivity index (χ4v) is 8.61. The Morgan fingerprint density at radius 2 is 1.61 bits per heavy atom. The summed E-state index contributed by atoms with van der Waals surface area (Å²) in [4.78, 5) is 0. The van der Waals surface area contributed by atoms with Crippen molar-refractivity contribution in [3.8, 4) is 11.1 Å². The Kier molecular flexibility index (Phi) is 2.46. The van der Waals surface area contributed by atoms with Gasteiger partial charge < -0.3 is 0 Å². The minimum atomic E-state index is -1.54. The molecule has 0 saturated heterocycles. The average Bonchev–Trinajstić information content (AvgIpc) is 2.97. The Morgan fingerprint density at radius 3 is 2.48 bits per heavy atom. The molecule has 2 bridgehead atoms. The summed E-state index contributed by atoms with van der Waals surface area (Å²) in [5.74, 6) is 0. The fourth-order valence-electron chi connectivity index (χ4n) is 4.89. The first-order chi connectivity index (χ1) is 11.1. The molecule has 0 saturated carbocycles. The van der Waals surface area contributed by atoms with Crippen molar-refractivity contribution < 1.29 is 0 Å². The van der Waals surface area contributed by atoms with Crippen LogP contribution in [0, 0.1) is 0 Å². The molecule has 0 N–H and O–H groups in total. The van der Waals surface area contributed by atoms with Crippen molar-refractivity contribution in [2.45, 2.75) is 26.4 Å². The van der Waals surface area contributed by atoms with E-state index in [9.17, 15) is 0 Å². The van der Waals surface area contributed by atoms with Gasteiger partial charge in [-0.25, -0.2) is 0 Å². The van der Waals surface area contributed by atoms with Crippen LogP contribution in [-0.4, -0.2) is 8.07 Å². The Labute approximate surface area is 138 Å². The van der Waals surface area contributed by atoms with E-state index in [-0.39, 0.29) is 0 Å². The second-order valence-corrected chi connectivity index (χ2v) is 11.8. The Bertz CT molecular complexity index is 1020. The van der Waals surface area contributed by atoms with Crippen LogP contribution in [0.5, 0.6) is 0 Å². The molecule has 0 fully saturated rings. The van der Waals surface area contributed by atoms with Crippen LogP contribution in [-0.2, 0) is 6.42 Å². The molecular formula is C22H20Si. The van der Waals surface area contributed by atoms with Crippen LogP contribution in [0.3, 0.4) is 0 Å². The number of rotatable bonds is 1. The van der Waals surface area contributed by atoms with Gasteiger partial charge in [0.2, 0.25) is 0 Å². The van der Waals surface area contributed by atoms with Crippen LogP contribution < -0.4 is 5.19 Å². The van der Waals surface area contributed by atoms with Gasteiger partial charge in [-0.2, -0.15) is 0 Å². The second-order valence-electron chi connectivity index (χ2n) is 7.51. The second kappa shape index (κ2) is 4.24. The summed E-state index contributed by atoms with van der Waals surface area (Å²) in [5, 5.41) is 6.08. The monoisotopic (exact) mass is 312 g/mol. The lowest BCUT2D eigenvalue weighted by Gasteiger charge is -2.21. The molecule has 3 aromatic carbocycles. The molecule has 1 heterocycles. The highest BCUT2D eigenvalue weighted by Gasteiger charge is 2.44. The third-order valence-electron chi connectivity index (χ3n) is 5.78. The lowest BCUT2D eigenvalue weighted by atomic mass is 9.93. The maximum Gasteiger partial charge on any atom is 0.113 e. The molecule has 5 rings (SSSR count). The molecule has 0 amide bonds. The highest BCUT2D eigenvalue weighted by atomic mass is 28.3. The Balaban J connectivity index is 1.94. The van der Waals surface area contributed by atoms with E-state index in [1.807, 2.05) is 0 Å². The van der Waals surface area contributed by atoms with Crippen LogP contribution >= 0.6 is 0 Å². The highest BCUT2D eigenvalue weighted by molar-refractivity contribution is 7.07. The van der Waals surface area contributed by atoms with E-state index < -0.39 is 8.07 Å². The topological polar surface area (TPSA) is 0 Å². The summed E-state index contributed by atoms with van der Waals surface area (Å²) in [6.07, 6.45) is 1.15. The van der Waals surface area contributed by atoms with E-state index >= 15 is 0 Å². The standard InChI is InChI=1S/C22H20Si/c1-14-13-16-11-12-19-21(20(16)22(14)23(19,2)3)18-10-6-8-15-7-4-5-9-17(15)18/h4-12H,13H2,1-3H3. The van der Waals surface area contributed by atoms with Gasteiger partial charge in [0, 0.05) is 0 Å². The zero-order valence-corrected chi connectivity index (χ0v) is 14.9. The molecule has 1 aliphatic carbocycles. The molecule has 0 spiro atoms. The quantitative estimate of drug-likeness (QED) is 0.535. The predicted octanol–water partition coefficient (Wildman–Crippen LogP) is 5.30. The minimum absolute atomic E-state index is 1.15. The molecule has 0 atom stereocenters. The van der Waals surface area contributed by atoms with Crippen molar-refractivity contribution in [1.82, 2.24) is 0 Å². The summed E-state index contributed by atoms with van der Waals surface area (Å²) >= 11 is 0. The maximum absolute atomic E-state index is 2.53. The van der Waals surface area contributed by atoms with Gasteiger partial charge >= 0.3 is 0 Å². The average molecular weight is 312 g/mol. The maximum atomic E-state index is 2.53. The van der Waals surface area contributed by atoms with E-state index in [2.05, 4.69) is 74.6 Å². The van der Waals surface area contributed by atoms with E-state index in [0.29, 0.717) is 0 Å². The van der Waals surface area contributed by atoms with Gasteiger partial charge in [-0.05, 0) is 56.8 Å². The van der Waals surface area contributed by atoms with Crippen molar-refractivity contribution in [3.05, 3.63) is 71.3 Å². The van der Waals surface area contributed by atoms with Gasteiger partial charge in [-0.1, -0.05) is 73.3 Å². The summed E-state index contributed by atoms with van der Waals surface area (Å²) in [5.41, 5.74) is 7.72. The van der Waals surface area contributed by atoms with E-state index in [1.54, 1.807) is 32.6 Å². The summed E-state index contributed by atoms with van der Waals surface area (Å²) in [7, 11) is -1.54. The van der Waals surface area contributed by atoms with E-state index in [4.69, 9.17) is 0 Å². The first-order valence-corrected chi connectivity index (χ1v) is 11.4. The zero-order chi connectivity index (χ0) is 15.8. The van der Waals surface area contributed by atoms with E-state index in [1.165, 1.54) is 16.3 Å². The minimum Gasteiger partial charge on any atom is -0.0686 e. The van der Waals surface area contributed by atoms with Crippen LogP contribution in [0.1, 0.15) is 18.1 Å². The van der Waals surface area contributed by atoms with Gasteiger partial charge in [0.25, 0.3) is 0 Å².